The second-order valence-electron chi connectivity index (χ2n) is 2.61. The van der Waals surface area contributed by atoms with Gasteiger partial charge in [-0.05, 0) is 0 Å². The van der Waals surface area contributed by atoms with Gasteiger partial charge in [0.2, 0.25) is 0 Å². The Morgan fingerprint density at radius 2 is 1.85 bits per heavy atom. The molecule has 0 saturated heterocycles. The summed E-state index contributed by atoms with van der Waals surface area (Å²) in [5, 5.41) is 0. The van der Waals surface area contributed by atoms with Gasteiger partial charge in [0, 0.05) is 0 Å². The molecule has 0 saturated carbocycles. The van der Waals surface area contributed by atoms with E-state index in [1.807, 2.05) is 0 Å². The van der Waals surface area contributed by atoms with Gasteiger partial charge in [-0.2, -0.15) is 0 Å². The molecular formula is C7H9F3INO. The van der Waals surface area contributed by atoms with Crippen LogP contribution in [0.5, 0.6) is 0 Å². The molecule has 0 fully saturated rings. The molecule has 1 heterocycles. The van der Waals surface area contributed by atoms with Gasteiger partial charge in [-0.1, -0.05) is 0 Å². The molecule has 76 valence electrons. The topological polar surface area (TPSA) is 26.0 Å². The maximum absolute atomic E-state index is 12.3. The molecule has 1 aromatic heterocycles. The van der Waals surface area contributed by atoms with Crippen LogP contribution in [-0.2, 0) is 6.18 Å². The standard InChI is InChI=1S/C7H9F3INO/c1-4-12-6(11(2)3)5(13-4)7(8,9)10/h1-3H3. The summed E-state index contributed by atoms with van der Waals surface area (Å²) >= 11 is -1.74. The van der Waals surface area contributed by atoms with Crippen molar-refractivity contribution in [2.45, 2.75) is 13.1 Å². The molecule has 1 rings (SSSR count). The molecule has 6 heteroatoms. The summed E-state index contributed by atoms with van der Waals surface area (Å²) in [6.45, 7) is 1.43. The van der Waals surface area contributed by atoms with Crippen molar-refractivity contribution in [1.82, 2.24) is 4.98 Å². The Morgan fingerprint density at radius 3 is 2.15 bits per heavy atom. The number of halogens is 4. The molecule has 0 radical (unpaired) electrons. The van der Waals surface area contributed by atoms with Crippen LogP contribution in [0.2, 0.25) is 0 Å². The molecule has 0 N–H and O–H groups in total. The Labute approximate surface area is 80.9 Å². The van der Waals surface area contributed by atoms with E-state index in [0.29, 0.717) is 0 Å². The minimum absolute atomic E-state index is 0.0910. The van der Waals surface area contributed by atoms with Gasteiger partial charge >= 0.3 is 80.7 Å². The molecule has 0 aliphatic heterocycles. The van der Waals surface area contributed by atoms with E-state index in [2.05, 4.69) is 9.40 Å². The van der Waals surface area contributed by atoms with Crippen molar-refractivity contribution in [3.8, 4) is 0 Å². The van der Waals surface area contributed by atoms with Crippen LogP contribution in [0, 0.1) is 10.6 Å². The van der Waals surface area contributed by atoms with E-state index in [0.717, 1.165) is 0 Å². The van der Waals surface area contributed by atoms with Gasteiger partial charge in [0.15, 0.2) is 0 Å². The fraction of sp³-hybridized carbons (Fsp3) is 0.571. The number of aryl methyl sites for hydroxylation is 1. The summed E-state index contributed by atoms with van der Waals surface area (Å²) in [5.74, 6) is -0.812. The monoisotopic (exact) mass is 307 g/mol. The van der Waals surface area contributed by atoms with Gasteiger partial charge in [0.25, 0.3) is 0 Å². The van der Waals surface area contributed by atoms with E-state index in [-0.39, 0.29) is 9.59 Å². The molecule has 0 atom stereocenters. The van der Waals surface area contributed by atoms with Crippen molar-refractivity contribution >= 4 is 19.8 Å². The molecule has 0 aliphatic rings. The van der Waals surface area contributed by atoms with Gasteiger partial charge in [-0.15, -0.1) is 0 Å². The fourth-order valence-electron chi connectivity index (χ4n) is 0.833. The van der Waals surface area contributed by atoms with E-state index in [4.69, 9.17) is 0 Å². The molecule has 0 bridgehead atoms. The van der Waals surface area contributed by atoms with Crippen molar-refractivity contribution in [2.75, 3.05) is 9.86 Å². The molecule has 0 aliphatic carbocycles. The summed E-state index contributed by atoms with van der Waals surface area (Å²) in [4.78, 5) is 7.36. The van der Waals surface area contributed by atoms with Crippen LogP contribution < -0.4 is 0 Å². The molecule has 0 spiro atoms. The van der Waals surface area contributed by atoms with Crippen LogP contribution >= 0.6 is 19.8 Å². The first-order valence-electron chi connectivity index (χ1n) is 3.37. The number of hydrogen-bond donors (Lipinski definition) is 0. The molecule has 0 amide bonds. The molecule has 0 unspecified atom stereocenters. The molecule has 1 aromatic rings. The van der Waals surface area contributed by atoms with Crippen molar-refractivity contribution < 1.29 is 17.6 Å². The quantitative estimate of drug-likeness (QED) is 0.589. The first kappa shape index (κ1) is 10.8. The Morgan fingerprint density at radius 1 is 1.31 bits per heavy atom. The first-order valence-corrected chi connectivity index (χ1v) is 8.76. The summed E-state index contributed by atoms with van der Waals surface area (Å²) in [5.41, 5.74) is 0. The Bertz CT molecular complexity index is 305. The average molecular weight is 307 g/mol. The molecular weight excluding hydrogens is 298 g/mol. The van der Waals surface area contributed by atoms with Gasteiger partial charge in [-0.25, -0.2) is 0 Å². The third-order valence-corrected chi connectivity index (χ3v) is 4.08. The summed E-state index contributed by atoms with van der Waals surface area (Å²) < 4.78 is 41.6. The predicted molar refractivity (Wildman–Crippen MR) is 50.8 cm³/mol. The first-order chi connectivity index (χ1) is 5.82. The minimum atomic E-state index is -4.40. The Kier molecular flexibility index (Phi) is 2.88. The van der Waals surface area contributed by atoms with Gasteiger partial charge < -0.3 is 0 Å². The second-order valence-corrected chi connectivity index (χ2v) is 7.94. The van der Waals surface area contributed by atoms with Crippen molar-refractivity contribution in [3.05, 3.63) is 15.4 Å². The van der Waals surface area contributed by atoms with Crippen LogP contribution in [0.4, 0.5) is 13.2 Å². The number of aromatic nitrogens is 1. The van der Waals surface area contributed by atoms with Crippen LogP contribution in [0.15, 0.2) is 4.42 Å². The maximum atomic E-state index is 12.3. The van der Waals surface area contributed by atoms with Gasteiger partial charge in [0.05, 0.1) is 0 Å². The van der Waals surface area contributed by atoms with E-state index < -0.39 is 31.8 Å². The zero-order valence-electron chi connectivity index (χ0n) is 7.37. The number of rotatable bonds is 1. The molecule has 2 nitrogen and oxygen atoms in total. The van der Waals surface area contributed by atoms with Crippen LogP contribution in [0.1, 0.15) is 11.7 Å². The van der Waals surface area contributed by atoms with E-state index >= 15 is 0 Å². The Hall–Kier alpha value is -0.270. The van der Waals surface area contributed by atoms with Crippen molar-refractivity contribution in [2.24, 2.45) is 0 Å². The third-order valence-electron chi connectivity index (χ3n) is 1.31. The number of hydrogen-bond acceptors (Lipinski definition) is 2. The number of oxazole rings is 1. The van der Waals surface area contributed by atoms with Crippen LogP contribution in [-0.4, -0.2) is 14.8 Å². The fourth-order valence-corrected chi connectivity index (χ4v) is 3.05. The van der Waals surface area contributed by atoms with E-state index in [1.54, 1.807) is 9.86 Å². The predicted octanol–water partition coefficient (Wildman–Crippen LogP) is 2.94. The Balaban J connectivity index is 3.20. The molecule has 13 heavy (non-hydrogen) atoms. The summed E-state index contributed by atoms with van der Waals surface area (Å²) in [6, 6.07) is 0. The van der Waals surface area contributed by atoms with Gasteiger partial charge in [-0.3, -0.25) is 0 Å². The van der Waals surface area contributed by atoms with E-state index in [9.17, 15) is 13.2 Å². The normalized spacial score (nSPS) is 13.2. The van der Waals surface area contributed by atoms with Crippen molar-refractivity contribution in [3.63, 3.8) is 0 Å². The van der Waals surface area contributed by atoms with Crippen molar-refractivity contribution in [1.29, 1.82) is 0 Å². The van der Waals surface area contributed by atoms with E-state index in [1.165, 1.54) is 6.92 Å². The zero-order chi connectivity index (χ0) is 10.2. The second kappa shape index (κ2) is 3.47. The number of alkyl halides is 5. The molecule has 0 aromatic carbocycles. The summed E-state index contributed by atoms with van der Waals surface area (Å²) in [6.07, 6.45) is -4.40. The van der Waals surface area contributed by atoms with Gasteiger partial charge in [0.1, 0.15) is 0 Å². The van der Waals surface area contributed by atoms with Crippen LogP contribution in [0.25, 0.3) is 0 Å². The zero-order valence-corrected chi connectivity index (χ0v) is 9.52. The van der Waals surface area contributed by atoms with Crippen LogP contribution in [0.3, 0.4) is 0 Å². The average Bonchev–Trinajstić information content (AvgIpc) is 2.29. The summed E-state index contributed by atoms with van der Waals surface area (Å²) in [7, 11) is 0. The number of nitrogens with zero attached hydrogens (tertiary/aromatic N) is 1. The third kappa shape index (κ3) is 2.35. The SMILES string of the molecule is Cc1nc(I(C)C)c(C(F)(F)F)o1.